The van der Waals surface area contributed by atoms with Gasteiger partial charge in [0.25, 0.3) is 0 Å². The molecular formula is C20H35N5O3S. The molecule has 1 saturated heterocycles. The third-order valence-electron chi connectivity index (χ3n) is 4.96. The molecule has 2 N–H and O–H groups in total. The Morgan fingerprint density at radius 3 is 2.76 bits per heavy atom. The van der Waals surface area contributed by atoms with Crippen LogP contribution in [0.15, 0.2) is 29.3 Å². The van der Waals surface area contributed by atoms with Crippen LogP contribution in [0.5, 0.6) is 5.75 Å². The second kappa shape index (κ2) is 11.3. The van der Waals surface area contributed by atoms with E-state index in [9.17, 15) is 8.42 Å². The van der Waals surface area contributed by atoms with Crippen molar-refractivity contribution < 1.29 is 13.2 Å². The fraction of sp³-hybridized carbons (Fsp3) is 0.650. The highest BCUT2D eigenvalue weighted by Crippen LogP contribution is 2.30. The standard InChI is InChI=1S/C20H35N5O3S/c1-5-21-20(22-13-9-14-25(6-2)29(4,26)27)23-17-12-15-24(16-17)18-10-7-8-11-19(18)28-3/h7-8,10-11,17H,5-6,9,12-16H2,1-4H3,(H2,21,22,23). The van der Waals surface area contributed by atoms with Crippen LogP contribution in [0.3, 0.4) is 0 Å². The van der Waals surface area contributed by atoms with Crippen LogP contribution in [0.4, 0.5) is 5.69 Å². The Bertz CT molecular complexity index is 769. The lowest BCUT2D eigenvalue weighted by Crippen LogP contribution is -2.44. The number of benzene rings is 1. The van der Waals surface area contributed by atoms with E-state index < -0.39 is 10.0 Å². The Morgan fingerprint density at radius 2 is 2.10 bits per heavy atom. The van der Waals surface area contributed by atoms with Crippen LogP contribution in [-0.4, -0.2) is 77.4 Å². The topological polar surface area (TPSA) is 86.3 Å². The highest BCUT2D eigenvalue weighted by atomic mass is 32.2. The number of para-hydroxylation sites is 2. The number of hydrogen-bond acceptors (Lipinski definition) is 5. The van der Waals surface area contributed by atoms with Gasteiger partial charge in [-0.15, -0.1) is 0 Å². The number of guanidine groups is 1. The molecule has 0 spiro atoms. The Hall–Kier alpha value is -2.00. The maximum Gasteiger partial charge on any atom is 0.211 e. The molecule has 164 valence electrons. The summed E-state index contributed by atoms with van der Waals surface area (Å²) in [6, 6.07) is 8.37. The number of aliphatic imine (C=N–C) groups is 1. The monoisotopic (exact) mass is 425 g/mol. The molecule has 1 unspecified atom stereocenters. The van der Waals surface area contributed by atoms with Crippen molar-refractivity contribution in [3.63, 3.8) is 0 Å². The van der Waals surface area contributed by atoms with Crippen LogP contribution < -0.4 is 20.3 Å². The van der Waals surface area contributed by atoms with Crippen LogP contribution in [-0.2, 0) is 10.0 Å². The summed E-state index contributed by atoms with van der Waals surface area (Å²) in [7, 11) is -1.45. The van der Waals surface area contributed by atoms with Crippen LogP contribution in [0.2, 0.25) is 0 Å². The number of nitrogens with one attached hydrogen (secondary N) is 2. The van der Waals surface area contributed by atoms with Gasteiger partial charge in [-0.1, -0.05) is 19.1 Å². The van der Waals surface area contributed by atoms with Crippen molar-refractivity contribution in [2.75, 3.05) is 57.5 Å². The maximum atomic E-state index is 11.7. The van der Waals surface area contributed by atoms with Gasteiger partial charge < -0.3 is 20.3 Å². The lowest BCUT2D eigenvalue weighted by Gasteiger charge is -2.22. The van der Waals surface area contributed by atoms with Crippen LogP contribution in [0.25, 0.3) is 0 Å². The first-order valence-electron chi connectivity index (χ1n) is 10.3. The number of rotatable bonds is 10. The van der Waals surface area contributed by atoms with E-state index in [1.807, 2.05) is 32.0 Å². The molecule has 2 rings (SSSR count). The maximum absolute atomic E-state index is 11.7. The molecule has 0 saturated carbocycles. The van der Waals surface area contributed by atoms with Gasteiger partial charge in [0.2, 0.25) is 10.0 Å². The summed E-state index contributed by atoms with van der Waals surface area (Å²) in [4.78, 5) is 6.95. The van der Waals surface area contributed by atoms with Gasteiger partial charge in [0.05, 0.1) is 19.1 Å². The van der Waals surface area contributed by atoms with E-state index in [0.29, 0.717) is 32.1 Å². The zero-order chi connectivity index (χ0) is 21.3. The van der Waals surface area contributed by atoms with E-state index in [1.54, 1.807) is 7.11 Å². The predicted molar refractivity (Wildman–Crippen MR) is 119 cm³/mol. The fourth-order valence-electron chi connectivity index (χ4n) is 3.50. The molecule has 1 atom stereocenters. The summed E-state index contributed by atoms with van der Waals surface area (Å²) in [6.45, 7) is 8.05. The molecule has 9 heteroatoms. The molecule has 1 aromatic rings. The Labute approximate surface area is 175 Å². The first-order chi connectivity index (χ1) is 13.9. The minimum atomic E-state index is -3.14. The normalized spacial score (nSPS) is 17.6. The Kier molecular flexibility index (Phi) is 9.03. The van der Waals surface area contributed by atoms with Gasteiger partial charge in [-0.2, -0.15) is 0 Å². The minimum Gasteiger partial charge on any atom is -0.495 e. The first kappa shape index (κ1) is 23.3. The summed E-state index contributed by atoms with van der Waals surface area (Å²) in [5.74, 6) is 1.67. The van der Waals surface area contributed by atoms with Crippen LogP contribution in [0.1, 0.15) is 26.7 Å². The predicted octanol–water partition coefficient (Wildman–Crippen LogP) is 1.50. The largest absolute Gasteiger partial charge is 0.495 e. The van der Waals surface area contributed by atoms with E-state index >= 15 is 0 Å². The van der Waals surface area contributed by atoms with Crippen molar-refractivity contribution in [1.82, 2.24) is 14.9 Å². The molecule has 0 radical (unpaired) electrons. The Morgan fingerprint density at radius 1 is 1.34 bits per heavy atom. The zero-order valence-corrected chi connectivity index (χ0v) is 18.8. The summed E-state index contributed by atoms with van der Waals surface area (Å²) >= 11 is 0. The van der Waals surface area contributed by atoms with Crippen molar-refractivity contribution in [2.24, 2.45) is 4.99 Å². The van der Waals surface area contributed by atoms with Crippen LogP contribution in [0, 0.1) is 0 Å². The van der Waals surface area contributed by atoms with Gasteiger partial charge in [0.15, 0.2) is 5.96 Å². The van der Waals surface area contributed by atoms with E-state index in [2.05, 4.69) is 26.6 Å². The number of anilines is 1. The zero-order valence-electron chi connectivity index (χ0n) is 18.0. The molecule has 1 fully saturated rings. The number of nitrogens with zero attached hydrogens (tertiary/aromatic N) is 3. The summed E-state index contributed by atoms with van der Waals surface area (Å²) in [6.07, 6.45) is 2.95. The molecule has 0 bridgehead atoms. The van der Waals surface area contributed by atoms with Gasteiger partial charge in [0, 0.05) is 45.3 Å². The van der Waals surface area contributed by atoms with Crippen molar-refractivity contribution in [2.45, 2.75) is 32.7 Å². The van der Waals surface area contributed by atoms with E-state index in [-0.39, 0.29) is 0 Å². The van der Waals surface area contributed by atoms with Crippen molar-refractivity contribution >= 4 is 21.7 Å². The number of hydrogen-bond donors (Lipinski definition) is 2. The second-order valence-electron chi connectivity index (χ2n) is 7.12. The molecule has 0 aliphatic carbocycles. The van der Waals surface area contributed by atoms with Gasteiger partial charge in [0.1, 0.15) is 5.75 Å². The van der Waals surface area contributed by atoms with Crippen molar-refractivity contribution in [3.05, 3.63) is 24.3 Å². The van der Waals surface area contributed by atoms with Crippen LogP contribution >= 0.6 is 0 Å². The lowest BCUT2D eigenvalue weighted by molar-refractivity contribution is 0.415. The molecule has 8 nitrogen and oxygen atoms in total. The third kappa shape index (κ3) is 7.08. The molecule has 0 aromatic heterocycles. The molecule has 1 aromatic carbocycles. The first-order valence-corrected chi connectivity index (χ1v) is 12.1. The van der Waals surface area contributed by atoms with Gasteiger partial charge in [-0.25, -0.2) is 12.7 Å². The average molecular weight is 426 g/mol. The quantitative estimate of drug-likeness (QED) is 0.336. The average Bonchev–Trinajstić information content (AvgIpc) is 3.15. The third-order valence-corrected chi connectivity index (χ3v) is 6.34. The summed E-state index contributed by atoms with van der Waals surface area (Å²) < 4.78 is 30.3. The summed E-state index contributed by atoms with van der Waals surface area (Å²) in [5, 5.41) is 6.79. The van der Waals surface area contributed by atoms with E-state index in [0.717, 1.165) is 43.5 Å². The number of sulfonamides is 1. The Balaban J connectivity index is 1.89. The second-order valence-corrected chi connectivity index (χ2v) is 9.10. The van der Waals surface area contributed by atoms with Crippen molar-refractivity contribution in [3.8, 4) is 5.75 Å². The molecule has 1 aliphatic rings. The van der Waals surface area contributed by atoms with E-state index in [1.165, 1.54) is 10.6 Å². The van der Waals surface area contributed by atoms with Gasteiger partial charge in [-0.05, 0) is 31.9 Å². The molecule has 1 aliphatic heterocycles. The number of methoxy groups -OCH3 is 1. The highest BCUT2D eigenvalue weighted by Gasteiger charge is 2.25. The van der Waals surface area contributed by atoms with Gasteiger partial charge >= 0.3 is 0 Å². The van der Waals surface area contributed by atoms with Gasteiger partial charge in [-0.3, -0.25) is 4.99 Å². The van der Waals surface area contributed by atoms with Crippen molar-refractivity contribution in [1.29, 1.82) is 0 Å². The molecular weight excluding hydrogens is 390 g/mol. The number of ether oxygens (including phenoxy) is 1. The summed E-state index contributed by atoms with van der Waals surface area (Å²) in [5.41, 5.74) is 1.11. The lowest BCUT2D eigenvalue weighted by atomic mass is 10.2. The fourth-order valence-corrected chi connectivity index (χ4v) is 4.43. The minimum absolute atomic E-state index is 0.292. The smallest absolute Gasteiger partial charge is 0.211 e. The molecule has 0 amide bonds. The molecule has 29 heavy (non-hydrogen) atoms. The highest BCUT2D eigenvalue weighted by molar-refractivity contribution is 7.88. The molecule has 1 heterocycles. The van der Waals surface area contributed by atoms with E-state index in [4.69, 9.17) is 4.74 Å². The SMILES string of the molecule is CCNC(=NCCCN(CC)S(C)(=O)=O)NC1CCN(c2ccccc2OC)C1.